The molecule has 0 aliphatic rings. The molecule has 0 saturated carbocycles. The number of amides is 2. The molecule has 6 nitrogen and oxygen atoms in total. The van der Waals surface area contributed by atoms with Gasteiger partial charge in [0.2, 0.25) is 10.0 Å². The molecule has 0 heterocycles. The van der Waals surface area contributed by atoms with Gasteiger partial charge in [0.25, 0.3) is 0 Å². The smallest absolute Gasteiger partial charge is 0.315 e. The number of rotatable bonds is 6. The highest BCUT2D eigenvalue weighted by atomic mass is 32.2. The molecular weight excluding hydrogens is 364 g/mol. The topological polar surface area (TPSA) is 87.3 Å². The van der Waals surface area contributed by atoms with Gasteiger partial charge in [-0.2, -0.15) is 0 Å². The van der Waals surface area contributed by atoms with E-state index in [0.717, 1.165) is 12.1 Å². The van der Waals surface area contributed by atoms with Crippen LogP contribution in [0.2, 0.25) is 0 Å². The maximum atomic E-state index is 13.7. The Labute approximate surface area is 150 Å². The zero-order valence-electron chi connectivity index (χ0n) is 14.2. The van der Waals surface area contributed by atoms with Crippen molar-refractivity contribution in [1.29, 1.82) is 0 Å². The summed E-state index contributed by atoms with van der Waals surface area (Å²) in [7, 11) is -2.19. The van der Waals surface area contributed by atoms with E-state index in [9.17, 15) is 22.0 Å². The summed E-state index contributed by atoms with van der Waals surface area (Å²) in [6.45, 7) is 1.73. The Bertz CT molecular complexity index is 887. The van der Waals surface area contributed by atoms with E-state index in [-0.39, 0.29) is 17.0 Å². The third-order valence-corrected chi connectivity index (χ3v) is 5.16. The molecule has 0 aromatic heterocycles. The summed E-state index contributed by atoms with van der Waals surface area (Å²) >= 11 is 0. The predicted octanol–water partition coefficient (Wildman–Crippen LogP) is 2.43. The van der Waals surface area contributed by atoms with Crippen molar-refractivity contribution >= 4 is 16.1 Å². The van der Waals surface area contributed by atoms with Gasteiger partial charge in [-0.25, -0.2) is 26.7 Å². The van der Waals surface area contributed by atoms with Gasteiger partial charge in [-0.05, 0) is 37.7 Å². The van der Waals surface area contributed by atoms with Gasteiger partial charge in [0.1, 0.15) is 11.6 Å². The zero-order chi connectivity index (χ0) is 19.3. The summed E-state index contributed by atoms with van der Waals surface area (Å²) in [5.41, 5.74) is 0.860. The van der Waals surface area contributed by atoms with Gasteiger partial charge in [-0.3, -0.25) is 0 Å². The number of hydrogen-bond donors (Lipinski definition) is 3. The van der Waals surface area contributed by atoms with Crippen molar-refractivity contribution in [3.63, 3.8) is 0 Å². The van der Waals surface area contributed by atoms with Gasteiger partial charge >= 0.3 is 6.03 Å². The highest BCUT2D eigenvalue weighted by molar-refractivity contribution is 7.89. The second kappa shape index (κ2) is 8.24. The van der Waals surface area contributed by atoms with Crippen LogP contribution in [0.15, 0.2) is 47.4 Å². The molecule has 0 radical (unpaired) electrons. The molecular formula is C17H19F2N3O3S. The summed E-state index contributed by atoms with van der Waals surface area (Å²) in [5, 5.41) is 5.14. The van der Waals surface area contributed by atoms with Crippen LogP contribution < -0.4 is 15.4 Å². The van der Waals surface area contributed by atoms with Crippen LogP contribution in [0.1, 0.15) is 24.1 Å². The molecule has 0 spiro atoms. The fourth-order valence-corrected chi connectivity index (χ4v) is 2.99. The number of benzene rings is 2. The first-order valence-corrected chi connectivity index (χ1v) is 9.23. The van der Waals surface area contributed by atoms with Crippen LogP contribution in [0, 0.1) is 11.6 Å². The lowest BCUT2D eigenvalue weighted by Crippen LogP contribution is -2.36. The maximum absolute atomic E-state index is 13.7. The third kappa shape index (κ3) is 4.99. The summed E-state index contributed by atoms with van der Waals surface area (Å²) in [5.74, 6) is -1.43. The minimum Gasteiger partial charge on any atom is -0.334 e. The minimum absolute atomic E-state index is 0.119. The molecule has 2 aromatic carbocycles. The fraction of sp³-hybridized carbons (Fsp3) is 0.235. The number of halogens is 2. The Morgan fingerprint density at radius 3 is 2.35 bits per heavy atom. The summed E-state index contributed by atoms with van der Waals surface area (Å²) in [6.07, 6.45) is 0. The zero-order valence-corrected chi connectivity index (χ0v) is 15.0. The molecule has 2 aromatic rings. The van der Waals surface area contributed by atoms with Crippen LogP contribution in [0.5, 0.6) is 0 Å². The van der Waals surface area contributed by atoms with E-state index < -0.39 is 33.7 Å². The van der Waals surface area contributed by atoms with Crippen molar-refractivity contribution in [3.8, 4) is 0 Å². The van der Waals surface area contributed by atoms with Crippen molar-refractivity contribution in [3.05, 3.63) is 65.2 Å². The van der Waals surface area contributed by atoms with Crippen LogP contribution in [-0.4, -0.2) is 21.5 Å². The number of sulfonamides is 1. The lowest BCUT2D eigenvalue weighted by atomic mass is 10.1. The lowest BCUT2D eigenvalue weighted by Gasteiger charge is -2.16. The SMILES string of the molecule is CNS(=O)(=O)c1ccc(CNC(=O)NC(C)c2ccc(F)cc2F)cc1. The standard InChI is InChI=1S/C17H19F2N3O3S/c1-11(15-8-5-13(18)9-16(15)19)22-17(23)21-10-12-3-6-14(7-4-12)26(24,25)20-2/h3-9,11,20H,10H2,1-2H3,(H2,21,22,23). The van der Waals surface area contributed by atoms with Crippen molar-refractivity contribution < 1.29 is 22.0 Å². The molecule has 0 aliphatic heterocycles. The number of nitrogens with one attached hydrogen (secondary N) is 3. The summed E-state index contributed by atoms with van der Waals surface area (Å²) in [6, 6.07) is 7.97. The van der Waals surface area contributed by atoms with E-state index in [0.29, 0.717) is 5.56 Å². The quantitative estimate of drug-likeness (QED) is 0.716. The van der Waals surface area contributed by atoms with Crippen LogP contribution in [0.4, 0.5) is 13.6 Å². The number of carbonyl (C=O) groups is 1. The minimum atomic E-state index is -3.51. The van der Waals surface area contributed by atoms with Gasteiger partial charge in [-0.15, -0.1) is 0 Å². The Morgan fingerprint density at radius 2 is 1.77 bits per heavy atom. The van der Waals surface area contributed by atoms with Crippen molar-refractivity contribution in [2.45, 2.75) is 24.4 Å². The first-order valence-electron chi connectivity index (χ1n) is 7.74. The van der Waals surface area contributed by atoms with E-state index >= 15 is 0 Å². The Morgan fingerprint density at radius 1 is 1.12 bits per heavy atom. The second-order valence-corrected chi connectivity index (χ2v) is 7.45. The van der Waals surface area contributed by atoms with Crippen LogP contribution in [0.3, 0.4) is 0 Å². The first kappa shape index (κ1) is 19.8. The molecule has 2 amide bonds. The van der Waals surface area contributed by atoms with Gasteiger partial charge < -0.3 is 10.6 Å². The maximum Gasteiger partial charge on any atom is 0.315 e. The Kier molecular flexibility index (Phi) is 6.27. The molecule has 0 bridgehead atoms. The average Bonchev–Trinajstić information content (AvgIpc) is 2.60. The summed E-state index contributed by atoms with van der Waals surface area (Å²) < 4.78 is 52.1. The second-order valence-electron chi connectivity index (χ2n) is 5.57. The van der Waals surface area contributed by atoms with Gasteiger partial charge in [0.15, 0.2) is 0 Å². The van der Waals surface area contributed by atoms with Gasteiger partial charge in [0.05, 0.1) is 10.9 Å². The van der Waals surface area contributed by atoms with Gasteiger partial charge in [-0.1, -0.05) is 18.2 Å². The highest BCUT2D eigenvalue weighted by Gasteiger charge is 2.14. The van der Waals surface area contributed by atoms with Crippen LogP contribution in [0.25, 0.3) is 0 Å². The molecule has 2 rings (SSSR count). The predicted molar refractivity (Wildman–Crippen MR) is 92.8 cm³/mol. The first-order chi connectivity index (χ1) is 12.2. The largest absolute Gasteiger partial charge is 0.334 e. The third-order valence-electron chi connectivity index (χ3n) is 3.73. The highest BCUT2D eigenvalue weighted by Crippen LogP contribution is 2.17. The average molecular weight is 383 g/mol. The molecule has 9 heteroatoms. The molecule has 1 atom stereocenters. The summed E-state index contributed by atoms with van der Waals surface area (Å²) in [4.78, 5) is 12.0. The number of carbonyl (C=O) groups excluding carboxylic acids is 1. The van der Waals surface area contributed by atoms with Crippen LogP contribution in [-0.2, 0) is 16.6 Å². The fourth-order valence-electron chi connectivity index (χ4n) is 2.26. The van der Waals surface area contributed by atoms with Gasteiger partial charge in [0, 0.05) is 18.2 Å². The normalized spacial score (nSPS) is 12.5. The van der Waals surface area contributed by atoms with E-state index in [1.165, 1.54) is 25.2 Å². The van der Waals surface area contributed by atoms with E-state index in [4.69, 9.17) is 0 Å². The van der Waals surface area contributed by atoms with Crippen molar-refractivity contribution in [2.24, 2.45) is 0 Å². The lowest BCUT2D eigenvalue weighted by molar-refractivity contribution is 0.237. The Balaban J connectivity index is 1.92. The number of hydrogen-bond acceptors (Lipinski definition) is 3. The van der Waals surface area contributed by atoms with E-state index in [1.807, 2.05) is 0 Å². The molecule has 140 valence electrons. The molecule has 26 heavy (non-hydrogen) atoms. The van der Waals surface area contributed by atoms with E-state index in [2.05, 4.69) is 15.4 Å². The molecule has 0 saturated heterocycles. The monoisotopic (exact) mass is 383 g/mol. The molecule has 0 aliphatic carbocycles. The van der Waals surface area contributed by atoms with Crippen molar-refractivity contribution in [1.82, 2.24) is 15.4 Å². The van der Waals surface area contributed by atoms with Crippen molar-refractivity contribution in [2.75, 3.05) is 7.05 Å². The molecule has 0 fully saturated rings. The Hall–Kier alpha value is -2.52. The molecule has 3 N–H and O–H groups in total. The van der Waals surface area contributed by atoms with Crippen LogP contribution >= 0.6 is 0 Å². The molecule has 1 unspecified atom stereocenters. The van der Waals surface area contributed by atoms with E-state index in [1.54, 1.807) is 19.1 Å². The number of urea groups is 1.